The molecule has 2 aromatic rings. The van der Waals surface area contributed by atoms with Gasteiger partial charge in [-0.1, -0.05) is 73.5 Å². The van der Waals surface area contributed by atoms with Crippen LogP contribution < -0.4 is 5.32 Å². The maximum Gasteiger partial charge on any atom is 0.0234 e. The fraction of sp³-hybridized carbons (Fsp3) is 0.478. The summed E-state index contributed by atoms with van der Waals surface area (Å²) in [5.41, 5.74) is 2.92. The first-order valence-electron chi connectivity index (χ1n) is 9.96. The summed E-state index contributed by atoms with van der Waals surface area (Å²) in [6, 6.07) is 23.4. The Hall–Kier alpha value is -1.64. The summed E-state index contributed by atoms with van der Waals surface area (Å²) in [7, 11) is 0. The lowest BCUT2D eigenvalue weighted by Gasteiger charge is -2.40. The number of rotatable bonds is 5. The molecule has 4 rings (SSSR count). The van der Waals surface area contributed by atoms with E-state index < -0.39 is 0 Å². The summed E-state index contributed by atoms with van der Waals surface area (Å²) in [5, 5.41) is 4.02. The quantitative estimate of drug-likeness (QED) is 0.861. The van der Waals surface area contributed by atoms with E-state index in [1.807, 2.05) is 0 Å². The third-order valence-corrected chi connectivity index (χ3v) is 5.98. The Kier molecular flexibility index (Phi) is 5.49. The van der Waals surface area contributed by atoms with Gasteiger partial charge >= 0.3 is 0 Å². The lowest BCUT2D eigenvalue weighted by Crippen LogP contribution is -2.50. The van der Waals surface area contributed by atoms with Crippen LogP contribution >= 0.6 is 0 Å². The highest BCUT2D eigenvalue weighted by molar-refractivity contribution is 5.23. The Morgan fingerprint density at radius 3 is 2.24 bits per heavy atom. The van der Waals surface area contributed by atoms with Gasteiger partial charge in [-0.05, 0) is 30.4 Å². The number of hydrogen-bond acceptors (Lipinski definition) is 2. The number of piperidine rings is 1. The van der Waals surface area contributed by atoms with Crippen LogP contribution in [0, 0.1) is 0 Å². The predicted octanol–water partition coefficient (Wildman–Crippen LogP) is 4.58. The Morgan fingerprint density at radius 1 is 0.840 bits per heavy atom. The van der Waals surface area contributed by atoms with E-state index in [0.29, 0.717) is 12.0 Å². The Bertz CT molecular complexity index is 634. The summed E-state index contributed by atoms with van der Waals surface area (Å²) in [5.74, 6) is 0.597. The van der Waals surface area contributed by atoms with Crippen molar-refractivity contribution in [3.63, 3.8) is 0 Å². The van der Waals surface area contributed by atoms with Crippen LogP contribution in [0.5, 0.6) is 0 Å². The van der Waals surface area contributed by atoms with Gasteiger partial charge in [0.1, 0.15) is 0 Å². The van der Waals surface area contributed by atoms with Gasteiger partial charge in [0, 0.05) is 37.6 Å². The normalized spacial score (nSPS) is 25.3. The molecule has 1 N–H and O–H groups in total. The van der Waals surface area contributed by atoms with Crippen molar-refractivity contribution in [3.05, 3.63) is 71.8 Å². The molecule has 1 aliphatic heterocycles. The lowest BCUT2D eigenvalue weighted by molar-refractivity contribution is 0.160. The van der Waals surface area contributed by atoms with Gasteiger partial charge in [0.15, 0.2) is 0 Å². The average Bonchev–Trinajstić information content (AvgIpc) is 3.18. The van der Waals surface area contributed by atoms with Gasteiger partial charge in [-0.2, -0.15) is 0 Å². The van der Waals surface area contributed by atoms with Gasteiger partial charge in [-0.25, -0.2) is 0 Å². The van der Waals surface area contributed by atoms with Crippen LogP contribution in [-0.4, -0.2) is 30.1 Å². The number of nitrogens with zero attached hydrogens (tertiary/aromatic N) is 1. The number of benzene rings is 2. The first-order chi connectivity index (χ1) is 12.4. The molecule has 0 radical (unpaired) electrons. The van der Waals surface area contributed by atoms with Crippen LogP contribution in [0.1, 0.15) is 49.1 Å². The summed E-state index contributed by atoms with van der Waals surface area (Å²) in [4.78, 5) is 2.64. The maximum atomic E-state index is 4.02. The highest BCUT2D eigenvalue weighted by atomic mass is 15.2. The number of likely N-dealkylation sites (tertiary alicyclic amines) is 1. The van der Waals surface area contributed by atoms with E-state index in [0.717, 1.165) is 19.1 Å². The van der Waals surface area contributed by atoms with Gasteiger partial charge in [0.2, 0.25) is 0 Å². The van der Waals surface area contributed by atoms with E-state index in [2.05, 4.69) is 70.9 Å². The monoisotopic (exact) mass is 334 g/mol. The molecular weight excluding hydrogens is 304 g/mol. The number of hydrogen-bond donors (Lipinski definition) is 1. The van der Waals surface area contributed by atoms with Crippen molar-refractivity contribution < 1.29 is 0 Å². The highest BCUT2D eigenvalue weighted by Crippen LogP contribution is 2.30. The Labute approximate surface area is 152 Å². The molecule has 2 fully saturated rings. The van der Waals surface area contributed by atoms with Crippen LogP contribution in [0.3, 0.4) is 0 Å². The van der Waals surface area contributed by atoms with Crippen molar-refractivity contribution in [2.45, 2.75) is 56.7 Å². The molecule has 2 aromatic carbocycles. The summed E-state index contributed by atoms with van der Waals surface area (Å²) >= 11 is 0. The molecule has 2 heteroatoms. The van der Waals surface area contributed by atoms with Crippen LogP contribution in [0.25, 0.3) is 0 Å². The SMILES string of the molecule is c1ccc(CN2CCC(NC3CCCC3)C(c3ccccc3)C2)cc1. The first kappa shape index (κ1) is 16.8. The van der Waals surface area contributed by atoms with E-state index in [1.54, 1.807) is 0 Å². The van der Waals surface area contributed by atoms with Crippen LogP contribution in [0.2, 0.25) is 0 Å². The predicted molar refractivity (Wildman–Crippen MR) is 105 cm³/mol. The zero-order chi connectivity index (χ0) is 16.9. The van der Waals surface area contributed by atoms with Crippen molar-refractivity contribution >= 4 is 0 Å². The minimum atomic E-state index is 0.597. The molecule has 1 aliphatic carbocycles. The summed E-state index contributed by atoms with van der Waals surface area (Å²) in [6.07, 6.45) is 6.79. The van der Waals surface area contributed by atoms with Crippen molar-refractivity contribution in [2.24, 2.45) is 0 Å². The summed E-state index contributed by atoms with van der Waals surface area (Å²) < 4.78 is 0. The van der Waals surface area contributed by atoms with Crippen molar-refractivity contribution in [1.82, 2.24) is 10.2 Å². The van der Waals surface area contributed by atoms with Crippen molar-refractivity contribution in [1.29, 1.82) is 0 Å². The van der Waals surface area contributed by atoms with Gasteiger partial charge in [0.25, 0.3) is 0 Å². The number of nitrogens with one attached hydrogen (secondary N) is 1. The van der Waals surface area contributed by atoms with Crippen molar-refractivity contribution in [2.75, 3.05) is 13.1 Å². The molecule has 0 bridgehead atoms. The second kappa shape index (κ2) is 8.16. The van der Waals surface area contributed by atoms with Gasteiger partial charge in [0.05, 0.1) is 0 Å². The molecule has 1 saturated carbocycles. The van der Waals surface area contributed by atoms with E-state index in [4.69, 9.17) is 0 Å². The third kappa shape index (κ3) is 4.31. The first-order valence-corrected chi connectivity index (χ1v) is 9.96. The fourth-order valence-electron chi connectivity index (χ4n) is 4.64. The molecular formula is C23H30N2. The lowest BCUT2D eigenvalue weighted by atomic mass is 9.85. The second-order valence-corrected chi connectivity index (χ2v) is 7.78. The second-order valence-electron chi connectivity index (χ2n) is 7.78. The van der Waals surface area contributed by atoms with Crippen LogP contribution in [0.4, 0.5) is 0 Å². The molecule has 2 aliphatic rings. The topological polar surface area (TPSA) is 15.3 Å². The van der Waals surface area contributed by atoms with E-state index in [-0.39, 0.29) is 0 Å². The van der Waals surface area contributed by atoms with E-state index >= 15 is 0 Å². The zero-order valence-electron chi connectivity index (χ0n) is 15.1. The molecule has 1 saturated heterocycles. The van der Waals surface area contributed by atoms with Crippen LogP contribution in [-0.2, 0) is 6.54 Å². The Balaban J connectivity index is 1.47. The standard InChI is InChI=1S/C23H30N2/c1-3-9-19(10-4-1)17-25-16-15-23(24-21-13-7-8-14-21)22(18-25)20-11-5-2-6-12-20/h1-6,9-12,21-24H,7-8,13-18H2. The van der Waals surface area contributed by atoms with Gasteiger partial charge in [-0.3, -0.25) is 4.90 Å². The van der Waals surface area contributed by atoms with E-state index in [9.17, 15) is 0 Å². The minimum Gasteiger partial charge on any atom is -0.311 e. The van der Waals surface area contributed by atoms with Gasteiger partial charge < -0.3 is 5.32 Å². The molecule has 0 aromatic heterocycles. The van der Waals surface area contributed by atoms with E-state index in [1.165, 1.54) is 49.8 Å². The molecule has 2 atom stereocenters. The Morgan fingerprint density at radius 2 is 1.52 bits per heavy atom. The molecule has 2 nitrogen and oxygen atoms in total. The molecule has 25 heavy (non-hydrogen) atoms. The molecule has 0 spiro atoms. The molecule has 132 valence electrons. The largest absolute Gasteiger partial charge is 0.311 e. The smallest absolute Gasteiger partial charge is 0.0234 e. The molecule has 0 amide bonds. The zero-order valence-corrected chi connectivity index (χ0v) is 15.1. The molecule has 2 unspecified atom stereocenters. The van der Waals surface area contributed by atoms with Gasteiger partial charge in [-0.15, -0.1) is 0 Å². The third-order valence-electron chi connectivity index (χ3n) is 5.98. The average molecular weight is 335 g/mol. The van der Waals surface area contributed by atoms with Crippen LogP contribution in [0.15, 0.2) is 60.7 Å². The fourth-order valence-corrected chi connectivity index (χ4v) is 4.64. The molecule has 1 heterocycles. The maximum absolute atomic E-state index is 4.02. The highest BCUT2D eigenvalue weighted by Gasteiger charge is 2.32. The summed E-state index contributed by atoms with van der Waals surface area (Å²) in [6.45, 7) is 3.42. The minimum absolute atomic E-state index is 0.597. The van der Waals surface area contributed by atoms with Crippen molar-refractivity contribution in [3.8, 4) is 0 Å².